The number of amides is 1. The molecule has 0 aliphatic carbocycles. The van der Waals surface area contributed by atoms with Crippen molar-refractivity contribution in [1.82, 2.24) is 9.80 Å². The maximum absolute atomic E-state index is 13.6. The van der Waals surface area contributed by atoms with Crippen molar-refractivity contribution in [2.45, 2.75) is 25.1 Å². The molecule has 1 aliphatic heterocycles. The number of carbonyl (C=O) groups is 1. The van der Waals surface area contributed by atoms with Crippen molar-refractivity contribution in [2.75, 3.05) is 33.9 Å². The number of hydrogen-bond donors (Lipinski definition) is 1. The van der Waals surface area contributed by atoms with Gasteiger partial charge >= 0.3 is 0 Å². The molecular formula is C16H23FN2O3. The van der Waals surface area contributed by atoms with E-state index in [1.807, 2.05) is 4.90 Å². The number of rotatable bonds is 6. The van der Waals surface area contributed by atoms with E-state index in [-0.39, 0.29) is 43.6 Å². The smallest absolute Gasteiger partial charge is 0.236 e. The first-order valence-electron chi connectivity index (χ1n) is 7.40. The zero-order valence-electron chi connectivity index (χ0n) is 13.0. The summed E-state index contributed by atoms with van der Waals surface area (Å²) in [5, 5.41) is 9.40. The van der Waals surface area contributed by atoms with Gasteiger partial charge in [-0.05, 0) is 12.5 Å². The highest BCUT2D eigenvalue weighted by molar-refractivity contribution is 5.78. The molecule has 2 atom stereocenters. The molecule has 2 rings (SSSR count). The van der Waals surface area contributed by atoms with E-state index in [1.54, 1.807) is 32.4 Å². The van der Waals surface area contributed by atoms with E-state index in [2.05, 4.69) is 0 Å². The summed E-state index contributed by atoms with van der Waals surface area (Å²) in [5.74, 6) is -0.408. The Kier molecular flexibility index (Phi) is 5.88. The van der Waals surface area contributed by atoms with Crippen LogP contribution in [0.25, 0.3) is 0 Å². The number of likely N-dealkylation sites (tertiary alicyclic amines) is 1. The lowest BCUT2D eigenvalue weighted by molar-refractivity contribution is -0.132. The van der Waals surface area contributed by atoms with Crippen molar-refractivity contribution in [3.63, 3.8) is 0 Å². The third-order valence-electron chi connectivity index (χ3n) is 4.16. The maximum atomic E-state index is 13.6. The predicted octanol–water partition coefficient (Wildman–Crippen LogP) is 0.866. The zero-order valence-corrected chi connectivity index (χ0v) is 13.0. The molecular weight excluding hydrogens is 287 g/mol. The van der Waals surface area contributed by atoms with Gasteiger partial charge in [0.1, 0.15) is 5.82 Å². The van der Waals surface area contributed by atoms with E-state index < -0.39 is 0 Å². The van der Waals surface area contributed by atoms with Crippen molar-refractivity contribution in [2.24, 2.45) is 0 Å². The summed E-state index contributed by atoms with van der Waals surface area (Å²) in [6, 6.07) is 6.38. The van der Waals surface area contributed by atoms with Crippen LogP contribution in [0.2, 0.25) is 0 Å². The number of carbonyl (C=O) groups excluding carboxylic acids is 1. The molecule has 1 aromatic rings. The molecule has 0 radical (unpaired) electrons. The third kappa shape index (κ3) is 4.03. The summed E-state index contributed by atoms with van der Waals surface area (Å²) in [6.07, 6.45) is 0.763. The second kappa shape index (κ2) is 7.67. The van der Waals surface area contributed by atoms with E-state index >= 15 is 0 Å². The monoisotopic (exact) mass is 310 g/mol. The van der Waals surface area contributed by atoms with E-state index in [0.29, 0.717) is 12.1 Å². The number of hydrogen-bond acceptors (Lipinski definition) is 4. The minimum absolute atomic E-state index is 0.00413. The molecule has 1 aromatic carbocycles. The summed E-state index contributed by atoms with van der Waals surface area (Å²) in [4.78, 5) is 15.7. The Morgan fingerprint density at radius 3 is 2.86 bits per heavy atom. The van der Waals surface area contributed by atoms with Gasteiger partial charge in [0, 0.05) is 38.9 Å². The van der Waals surface area contributed by atoms with E-state index in [0.717, 1.165) is 6.42 Å². The van der Waals surface area contributed by atoms with Gasteiger partial charge in [0.05, 0.1) is 19.3 Å². The molecule has 22 heavy (non-hydrogen) atoms. The van der Waals surface area contributed by atoms with Crippen LogP contribution < -0.4 is 0 Å². The molecule has 1 heterocycles. The van der Waals surface area contributed by atoms with Crippen molar-refractivity contribution in [1.29, 1.82) is 0 Å². The number of nitrogens with zero attached hydrogens (tertiary/aromatic N) is 2. The van der Waals surface area contributed by atoms with Crippen LogP contribution in [-0.2, 0) is 16.1 Å². The lowest BCUT2D eigenvalue weighted by atomic mass is 10.2. The van der Waals surface area contributed by atoms with Crippen LogP contribution in [-0.4, -0.2) is 66.8 Å². The molecule has 0 unspecified atom stereocenters. The average Bonchev–Trinajstić information content (AvgIpc) is 2.91. The van der Waals surface area contributed by atoms with E-state index in [1.165, 1.54) is 11.0 Å². The third-order valence-corrected chi connectivity index (χ3v) is 4.16. The first-order chi connectivity index (χ1) is 10.5. The summed E-state index contributed by atoms with van der Waals surface area (Å²) in [7, 11) is 3.29. The Balaban J connectivity index is 1.92. The van der Waals surface area contributed by atoms with Gasteiger partial charge in [-0.3, -0.25) is 9.69 Å². The van der Waals surface area contributed by atoms with Crippen molar-refractivity contribution < 1.29 is 19.0 Å². The van der Waals surface area contributed by atoms with Gasteiger partial charge in [0.2, 0.25) is 5.91 Å². The molecule has 0 saturated carbocycles. The predicted molar refractivity (Wildman–Crippen MR) is 80.7 cm³/mol. The topological polar surface area (TPSA) is 53.0 Å². The molecule has 1 fully saturated rings. The maximum Gasteiger partial charge on any atom is 0.236 e. The van der Waals surface area contributed by atoms with Gasteiger partial charge in [0.15, 0.2) is 0 Å². The fraction of sp³-hybridized carbons (Fsp3) is 0.562. The number of aliphatic hydroxyl groups is 1. The van der Waals surface area contributed by atoms with Crippen LogP contribution in [0.1, 0.15) is 12.0 Å². The highest BCUT2D eigenvalue weighted by Gasteiger charge is 2.33. The summed E-state index contributed by atoms with van der Waals surface area (Å²) in [5.41, 5.74) is 0.494. The van der Waals surface area contributed by atoms with Crippen molar-refractivity contribution in [3.8, 4) is 0 Å². The highest BCUT2D eigenvalue weighted by atomic mass is 19.1. The van der Waals surface area contributed by atoms with Crippen LogP contribution in [0.15, 0.2) is 24.3 Å². The fourth-order valence-corrected chi connectivity index (χ4v) is 2.76. The Morgan fingerprint density at radius 2 is 2.23 bits per heavy atom. The average molecular weight is 310 g/mol. The number of ether oxygens (including phenoxy) is 1. The molecule has 1 saturated heterocycles. The molecule has 0 aromatic heterocycles. The number of halogens is 1. The van der Waals surface area contributed by atoms with Crippen molar-refractivity contribution >= 4 is 5.91 Å². The van der Waals surface area contributed by atoms with Gasteiger partial charge in [-0.1, -0.05) is 18.2 Å². The molecule has 1 aliphatic rings. The Labute approximate surface area is 130 Å². The lowest BCUT2D eigenvalue weighted by Crippen LogP contribution is -2.42. The van der Waals surface area contributed by atoms with E-state index in [4.69, 9.17) is 4.74 Å². The van der Waals surface area contributed by atoms with Gasteiger partial charge < -0.3 is 14.7 Å². The molecule has 6 heteroatoms. The van der Waals surface area contributed by atoms with Crippen LogP contribution in [0.4, 0.5) is 4.39 Å². The first kappa shape index (κ1) is 16.9. The molecule has 5 nitrogen and oxygen atoms in total. The van der Waals surface area contributed by atoms with Crippen LogP contribution >= 0.6 is 0 Å². The minimum Gasteiger partial charge on any atom is -0.395 e. The summed E-state index contributed by atoms with van der Waals surface area (Å²) in [6.45, 7) is 1.07. The molecule has 0 bridgehead atoms. The Morgan fingerprint density at radius 1 is 1.50 bits per heavy atom. The Bertz CT molecular complexity index is 512. The lowest BCUT2D eigenvalue weighted by Gasteiger charge is -2.25. The van der Waals surface area contributed by atoms with Crippen LogP contribution in [0.5, 0.6) is 0 Å². The standard InChI is InChI=1S/C16H23FN2O3/c1-18(8-12-5-3-4-6-15(12)17)16(21)10-19-9-14(22-2)7-13(19)11-20/h3-6,13-14,20H,7-11H2,1-2H3/t13-,14+/m0/s1. The fourth-order valence-electron chi connectivity index (χ4n) is 2.76. The van der Waals surface area contributed by atoms with Gasteiger partial charge in [-0.25, -0.2) is 4.39 Å². The molecule has 0 spiro atoms. The van der Waals surface area contributed by atoms with Gasteiger partial charge in [0.25, 0.3) is 0 Å². The Hall–Kier alpha value is -1.50. The molecule has 122 valence electrons. The van der Waals surface area contributed by atoms with E-state index in [9.17, 15) is 14.3 Å². The van der Waals surface area contributed by atoms with Gasteiger partial charge in [-0.15, -0.1) is 0 Å². The van der Waals surface area contributed by atoms with Gasteiger partial charge in [-0.2, -0.15) is 0 Å². The number of methoxy groups -OCH3 is 1. The second-order valence-electron chi connectivity index (χ2n) is 5.70. The second-order valence-corrected chi connectivity index (χ2v) is 5.70. The summed E-state index contributed by atoms with van der Waals surface area (Å²) < 4.78 is 18.9. The van der Waals surface area contributed by atoms with Crippen LogP contribution in [0.3, 0.4) is 0 Å². The largest absolute Gasteiger partial charge is 0.395 e. The molecule has 1 amide bonds. The normalized spacial score (nSPS) is 22.0. The number of benzene rings is 1. The first-order valence-corrected chi connectivity index (χ1v) is 7.40. The quantitative estimate of drug-likeness (QED) is 0.847. The highest BCUT2D eigenvalue weighted by Crippen LogP contribution is 2.19. The van der Waals surface area contributed by atoms with Crippen LogP contribution in [0, 0.1) is 5.82 Å². The zero-order chi connectivity index (χ0) is 16.1. The SMILES string of the molecule is CO[C@@H]1C[C@@H](CO)N(CC(=O)N(C)Cc2ccccc2F)C1. The van der Waals surface area contributed by atoms with Crippen molar-refractivity contribution in [3.05, 3.63) is 35.6 Å². The number of likely N-dealkylation sites (N-methyl/N-ethyl adjacent to an activating group) is 1. The molecule has 1 N–H and O–H groups in total. The summed E-state index contributed by atoms with van der Waals surface area (Å²) >= 11 is 0. The number of aliphatic hydroxyl groups excluding tert-OH is 1. The minimum atomic E-state index is -0.309.